The molecule has 0 saturated carbocycles. The number of hydrogen-bond acceptors (Lipinski definition) is 3. The van der Waals surface area contributed by atoms with Crippen LogP contribution in [0.15, 0.2) is 30.3 Å². The van der Waals surface area contributed by atoms with Crippen molar-refractivity contribution in [1.82, 2.24) is 4.90 Å². The van der Waals surface area contributed by atoms with Gasteiger partial charge in [-0.2, -0.15) is 0 Å². The zero-order valence-corrected chi connectivity index (χ0v) is 13.4. The smallest absolute Gasteiger partial charge is 0.225 e. The molecule has 1 aromatic rings. The molecule has 1 amide bonds. The number of carbonyl (C=O) groups excluding carboxylic acids is 1. The van der Waals surface area contributed by atoms with Gasteiger partial charge < -0.3 is 14.7 Å². The lowest BCUT2D eigenvalue weighted by Crippen LogP contribution is -2.40. The van der Waals surface area contributed by atoms with Crippen LogP contribution in [-0.4, -0.2) is 41.7 Å². The molecule has 1 N–H and O–H groups in total. The Balaban J connectivity index is 1.64. The number of amides is 1. The first-order chi connectivity index (χ1) is 10.7. The second-order valence-electron chi connectivity index (χ2n) is 6.09. The van der Waals surface area contributed by atoms with Crippen LogP contribution in [0.5, 0.6) is 0 Å². The molecule has 0 bridgehead atoms. The first-order valence-electron chi connectivity index (χ1n) is 8.26. The van der Waals surface area contributed by atoms with Gasteiger partial charge in [0.2, 0.25) is 5.91 Å². The quantitative estimate of drug-likeness (QED) is 0.842. The summed E-state index contributed by atoms with van der Waals surface area (Å²) in [4.78, 5) is 14.0. The topological polar surface area (TPSA) is 49.8 Å². The van der Waals surface area contributed by atoms with E-state index >= 15 is 0 Å². The molecule has 0 aliphatic carbocycles. The third-order valence-corrected chi connectivity index (χ3v) is 4.38. The lowest BCUT2D eigenvalue weighted by Gasteiger charge is -2.32. The molecule has 1 fully saturated rings. The van der Waals surface area contributed by atoms with Crippen molar-refractivity contribution in [2.24, 2.45) is 5.92 Å². The number of rotatable bonds is 7. The maximum atomic E-state index is 12.1. The molecule has 4 heteroatoms. The van der Waals surface area contributed by atoms with Crippen LogP contribution in [0.3, 0.4) is 0 Å². The number of likely N-dealkylation sites (tertiary alicyclic amines) is 1. The molecule has 1 atom stereocenters. The standard InChI is InChI=1S/C18H27NO3/c1-2-15-8-10-19(11-9-15)18(21)12-17(20)14-22-13-16-6-4-3-5-7-16/h3-7,15,17,20H,2,8-14H2,1H3. The van der Waals surface area contributed by atoms with Gasteiger partial charge in [0.1, 0.15) is 0 Å². The Morgan fingerprint density at radius 2 is 2.00 bits per heavy atom. The first-order valence-corrected chi connectivity index (χ1v) is 8.26. The highest BCUT2D eigenvalue weighted by Gasteiger charge is 2.23. The highest BCUT2D eigenvalue weighted by atomic mass is 16.5. The zero-order chi connectivity index (χ0) is 15.8. The molecule has 1 heterocycles. The highest BCUT2D eigenvalue weighted by Crippen LogP contribution is 2.20. The third-order valence-electron chi connectivity index (χ3n) is 4.38. The molecule has 4 nitrogen and oxygen atoms in total. The van der Waals surface area contributed by atoms with Gasteiger partial charge >= 0.3 is 0 Å². The van der Waals surface area contributed by atoms with Crippen molar-refractivity contribution < 1.29 is 14.6 Å². The van der Waals surface area contributed by atoms with Crippen molar-refractivity contribution in [3.05, 3.63) is 35.9 Å². The van der Waals surface area contributed by atoms with Crippen LogP contribution in [0.4, 0.5) is 0 Å². The van der Waals surface area contributed by atoms with Gasteiger partial charge in [0.25, 0.3) is 0 Å². The maximum absolute atomic E-state index is 12.1. The van der Waals surface area contributed by atoms with Crippen molar-refractivity contribution in [2.75, 3.05) is 19.7 Å². The van der Waals surface area contributed by atoms with Crippen molar-refractivity contribution in [3.8, 4) is 0 Å². The van der Waals surface area contributed by atoms with E-state index in [4.69, 9.17) is 4.74 Å². The van der Waals surface area contributed by atoms with Crippen molar-refractivity contribution in [1.29, 1.82) is 0 Å². The average molecular weight is 305 g/mol. The second-order valence-corrected chi connectivity index (χ2v) is 6.09. The summed E-state index contributed by atoms with van der Waals surface area (Å²) in [5.74, 6) is 0.800. The van der Waals surface area contributed by atoms with Crippen LogP contribution in [0.25, 0.3) is 0 Å². The van der Waals surface area contributed by atoms with Crippen LogP contribution < -0.4 is 0 Å². The molecule has 0 radical (unpaired) electrons. The van der Waals surface area contributed by atoms with Gasteiger partial charge in [-0.1, -0.05) is 43.7 Å². The number of aliphatic hydroxyl groups excluding tert-OH is 1. The summed E-state index contributed by atoms with van der Waals surface area (Å²) in [6, 6.07) is 9.83. The fourth-order valence-electron chi connectivity index (χ4n) is 2.87. The number of carbonyl (C=O) groups is 1. The van der Waals surface area contributed by atoms with Gasteiger partial charge in [-0.15, -0.1) is 0 Å². The molecule has 1 aliphatic heterocycles. The lowest BCUT2D eigenvalue weighted by molar-refractivity contribution is -0.135. The fraction of sp³-hybridized carbons (Fsp3) is 0.611. The van der Waals surface area contributed by atoms with E-state index in [1.807, 2.05) is 35.2 Å². The van der Waals surface area contributed by atoms with Crippen LogP contribution >= 0.6 is 0 Å². The summed E-state index contributed by atoms with van der Waals surface area (Å²) in [7, 11) is 0. The molecule has 2 rings (SSSR count). The SMILES string of the molecule is CCC1CCN(C(=O)CC(O)COCc2ccccc2)CC1. The Labute approximate surface area is 133 Å². The van der Waals surface area contributed by atoms with E-state index in [2.05, 4.69) is 6.92 Å². The van der Waals surface area contributed by atoms with Crippen molar-refractivity contribution in [3.63, 3.8) is 0 Å². The van der Waals surface area contributed by atoms with Crippen LogP contribution in [-0.2, 0) is 16.1 Å². The largest absolute Gasteiger partial charge is 0.390 e. The van der Waals surface area contributed by atoms with Crippen molar-refractivity contribution in [2.45, 2.75) is 45.3 Å². The van der Waals surface area contributed by atoms with Gasteiger partial charge in [0, 0.05) is 13.1 Å². The molecule has 0 spiro atoms. The molecular formula is C18H27NO3. The third kappa shape index (κ3) is 5.43. The fourth-order valence-corrected chi connectivity index (χ4v) is 2.87. The number of piperidine rings is 1. The minimum absolute atomic E-state index is 0.0466. The summed E-state index contributed by atoms with van der Waals surface area (Å²) in [6.45, 7) is 4.53. The van der Waals surface area contributed by atoms with E-state index in [0.717, 1.165) is 37.4 Å². The van der Waals surface area contributed by atoms with Gasteiger partial charge in [0.15, 0.2) is 0 Å². The normalized spacial score (nSPS) is 17.5. The first kappa shape index (κ1) is 17.0. The molecular weight excluding hydrogens is 278 g/mol. The average Bonchev–Trinajstić information content (AvgIpc) is 2.56. The Kier molecular flexibility index (Phi) is 6.87. The number of nitrogens with zero attached hydrogens (tertiary/aromatic N) is 1. The monoisotopic (exact) mass is 305 g/mol. The molecule has 22 heavy (non-hydrogen) atoms. The zero-order valence-electron chi connectivity index (χ0n) is 13.4. The van der Waals surface area contributed by atoms with Crippen LogP contribution in [0.1, 0.15) is 38.2 Å². The Morgan fingerprint density at radius 3 is 2.64 bits per heavy atom. The minimum Gasteiger partial charge on any atom is -0.390 e. The van der Waals surface area contributed by atoms with Crippen molar-refractivity contribution >= 4 is 5.91 Å². The second kappa shape index (κ2) is 8.91. The minimum atomic E-state index is -0.722. The molecule has 1 aromatic carbocycles. The molecule has 1 saturated heterocycles. The van der Waals surface area contributed by atoms with E-state index in [1.165, 1.54) is 6.42 Å². The molecule has 1 aliphatic rings. The van der Waals surface area contributed by atoms with Gasteiger partial charge in [-0.25, -0.2) is 0 Å². The molecule has 1 unspecified atom stereocenters. The van der Waals surface area contributed by atoms with Crippen LogP contribution in [0.2, 0.25) is 0 Å². The highest BCUT2D eigenvalue weighted by molar-refractivity contribution is 5.76. The summed E-state index contributed by atoms with van der Waals surface area (Å²) in [5.41, 5.74) is 1.07. The maximum Gasteiger partial charge on any atom is 0.225 e. The van der Waals surface area contributed by atoms with Crippen LogP contribution in [0, 0.1) is 5.92 Å². The summed E-state index contributed by atoms with van der Waals surface area (Å²) >= 11 is 0. The molecule has 122 valence electrons. The van der Waals surface area contributed by atoms with E-state index < -0.39 is 6.10 Å². The predicted octanol–water partition coefficient (Wildman–Crippen LogP) is 2.60. The van der Waals surface area contributed by atoms with E-state index in [9.17, 15) is 9.90 Å². The summed E-state index contributed by atoms with van der Waals surface area (Å²) < 4.78 is 5.48. The Morgan fingerprint density at radius 1 is 1.32 bits per heavy atom. The number of hydrogen-bond donors (Lipinski definition) is 1. The Hall–Kier alpha value is -1.39. The number of ether oxygens (including phenoxy) is 1. The Bertz CT molecular complexity index is 441. The van der Waals surface area contributed by atoms with E-state index in [-0.39, 0.29) is 18.9 Å². The number of benzene rings is 1. The van der Waals surface area contributed by atoms with Gasteiger partial charge in [-0.05, 0) is 24.3 Å². The predicted molar refractivity (Wildman–Crippen MR) is 86.3 cm³/mol. The molecule has 0 aromatic heterocycles. The lowest BCUT2D eigenvalue weighted by atomic mass is 9.94. The van der Waals surface area contributed by atoms with E-state index in [0.29, 0.717) is 6.61 Å². The van der Waals surface area contributed by atoms with E-state index in [1.54, 1.807) is 0 Å². The van der Waals surface area contributed by atoms with Gasteiger partial charge in [0.05, 0.1) is 25.7 Å². The van der Waals surface area contributed by atoms with Gasteiger partial charge in [-0.3, -0.25) is 4.79 Å². The number of aliphatic hydroxyl groups is 1. The summed E-state index contributed by atoms with van der Waals surface area (Å²) in [5, 5.41) is 9.95. The summed E-state index contributed by atoms with van der Waals surface area (Å²) in [6.07, 6.45) is 2.80.